The van der Waals surface area contributed by atoms with Gasteiger partial charge in [-0.2, -0.15) is 4.98 Å². The summed E-state index contributed by atoms with van der Waals surface area (Å²) in [7, 11) is 4.17. The molecular formula is C33H33N7O3. The lowest BCUT2D eigenvalue weighted by atomic mass is 10.0. The van der Waals surface area contributed by atoms with E-state index < -0.39 is 0 Å². The Balaban J connectivity index is 1.30. The first kappa shape index (κ1) is 26.9. The summed E-state index contributed by atoms with van der Waals surface area (Å²) in [6, 6.07) is 18.3. The van der Waals surface area contributed by atoms with Gasteiger partial charge in [0, 0.05) is 25.0 Å². The zero-order valence-corrected chi connectivity index (χ0v) is 24.3. The van der Waals surface area contributed by atoms with Gasteiger partial charge in [-0.25, -0.2) is 14.3 Å². The highest BCUT2D eigenvalue weighted by Gasteiger charge is 2.27. The Morgan fingerprint density at radius 3 is 2.81 bits per heavy atom. The number of nitrogens with zero attached hydrogens (tertiary/aromatic N) is 6. The highest BCUT2D eigenvalue weighted by molar-refractivity contribution is 5.98. The number of benzene rings is 3. The van der Waals surface area contributed by atoms with Gasteiger partial charge >= 0.3 is 0 Å². The molecule has 3 aromatic carbocycles. The van der Waals surface area contributed by atoms with E-state index in [-0.39, 0.29) is 18.1 Å². The van der Waals surface area contributed by atoms with Crippen molar-refractivity contribution in [1.29, 1.82) is 0 Å². The zero-order valence-electron chi connectivity index (χ0n) is 24.3. The van der Waals surface area contributed by atoms with E-state index in [1.54, 1.807) is 15.8 Å². The third-order valence-corrected chi connectivity index (χ3v) is 8.06. The minimum Gasteiger partial charge on any atom is -0.482 e. The quantitative estimate of drug-likeness (QED) is 0.305. The normalized spacial score (nSPS) is 14.9. The van der Waals surface area contributed by atoms with E-state index in [4.69, 9.17) is 9.72 Å². The molecule has 5 aromatic rings. The van der Waals surface area contributed by atoms with E-state index >= 15 is 0 Å². The van der Waals surface area contributed by atoms with Crippen molar-refractivity contribution in [2.24, 2.45) is 0 Å². The molecule has 0 radical (unpaired) electrons. The van der Waals surface area contributed by atoms with Crippen LogP contribution in [0.3, 0.4) is 0 Å². The molecule has 43 heavy (non-hydrogen) atoms. The number of anilines is 3. The fourth-order valence-corrected chi connectivity index (χ4v) is 5.86. The Morgan fingerprint density at radius 1 is 1.02 bits per heavy atom. The van der Waals surface area contributed by atoms with Crippen LogP contribution in [-0.4, -0.2) is 63.9 Å². The molecule has 218 valence electrons. The molecule has 0 atom stereocenters. The van der Waals surface area contributed by atoms with Crippen molar-refractivity contribution in [1.82, 2.24) is 24.2 Å². The summed E-state index contributed by atoms with van der Waals surface area (Å²) in [4.78, 5) is 39.7. The molecule has 7 rings (SSSR count). The summed E-state index contributed by atoms with van der Waals surface area (Å²) in [6.45, 7) is 1.99. The molecule has 2 aromatic heterocycles. The van der Waals surface area contributed by atoms with Crippen LogP contribution < -0.4 is 20.5 Å². The Morgan fingerprint density at radius 2 is 1.93 bits per heavy atom. The van der Waals surface area contributed by atoms with Crippen LogP contribution in [-0.2, 0) is 17.8 Å². The molecule has 0 saturated heterocycles. The van der Waals surface area contributed by atoms with Gasteiger partial charge in [0.05, 0.1) is 17.9 Å². The molecule has 1 amide bonds. The predicted octanol–water partition coefficient (Wildman–Crippen LogP) is 4.66. The van der Waals surface area contributed by atoms with Crippen LogP contribution in [0.15, 0.2) is 77.7 Å². The summed E-state index contributed by atoms with van der Waals surface area (Å²) < 4.78 is 9.19. The van der Waals surface area contributed by atoms with Crippen LogP contribution in [0, 0.1) is 0 Å². The van der Waals surface area contributed by atoms with Crippen LogP contribution in [0.5, 0.6) is 5.75 Å². The number of rotatable bonds is 5. The smallest absolute Gasteiger partial charge is 0.278 e. The van der Waals surface area contributed by atoms with Crippen molar-refractivity contribution in [2.45, 2.75) is 25.8 Å². The lowest BCUT2D eigenvalue weighted by Crippen LogP contribution is -2.39. The Labute approximate surface area is 248 Å². The van der Waals surface area contributed by atoms with Crippen LogP contribution in [0.25, 0.3) is 27.5 Å². The van der Waals surface area contributed by atoms with Crippen LogP contribution >= 0.6 is 0 Å². The van der Waals surface area contributed by atoms with Gasteiger partial charge < -0.3 is 19.9 Å². The summed E-state index contributed by atoms with van der Waals surface area (Å²) >= 11 is 0. The first-order valence-corrected chi connectivity index (χ1v) is 14.6. The molecule has 2 aliphatic rings. The third-order valence-electron chi connectivity index (χ3n) is 8.06. The lowest BCUT2D eigenvalue weighted by Gasteiger charge is -2.30. The second-order valence-electron chi connectivity index (χ2n) is 11.3. The third kappa shape index (κ3) is 5.03. The van der Waals surface area contributed by atoms with Crippen LogP contribution in [0.4, 0.5) is 17.3 Å². The Hall–Kier alpha value is -4.96. The van der Waals surface area contributed by atoms with E-state index in [1.807, 2.05) is 35.0 Å². The number of ether oxygens (including phenoxy) is 1. The van der Waals surface area contributed by atoms with Crippen molar-refractivity contribution >= 4 is 45.0 Å². The number of amides is 1. The molecule has 1 N–H and O–H groups in total. The number of hydrogen-bond donors (Lipinski definition) is 1. The molecule has 10 nitrogen and oxygen atoms in total. The molecule has 0 unspecified atom stereocenters. The van der Waals surface area contributed by atoms with E-state index in [9.17, 15) is 9.59 Å². The van der Waals surface area contributed by atoms with Gasteiger partial charge in [-0.1, -0.05) is 36.4 Å². The lowest BCUT2D eigenvalue weighted by molar-refractivity contribution is -0.121. The summed E-state index contributed by atoms with van der Waals surface area (Å²) in [6.07, 6.45) is 8.21. The first-order chi connectivity index (χ1) is 21.0. The van der Waals surface area contributed by atoms with Crippen molar-refractivity contribution in [3.05, 3.63) is 88.9 Å². The standard InChI is InChI=1S/C33H33N7O3/c1-37(2)17-14-22-8-7-9-23-18-24(10-12-26(22)23)35-33-34-20-27-31(36-33)40-25-11-13-29-28(19-25)38(30(41)21-43-29)15-5-3-4-6-16-39(40)32(27)42/h4,6-13,18-20H,3,5,14-17,21H2,1-2H3,(H,34,35,36). The van der Waals surface area contributed by atoms with E-state index in [2.05, 4.69) is 65.7 Å². The molecule has 2 bridgehead atoms. The van der Waals surface area contributed by atoms with Crippen molar-refractivity contribution in [2.75, 3.05) is 44.0 Å². The number of carbonyl (C=O) groups is 1. The maximum Gasteiger partial charge on any atom is 0.278 e. The summed E-state index contributed by atoms with van der Waals surface area (Å²) in [5, 5.41) is 6.12. The zero-order chi connectivity index (χ0) is 29.5. The van der Waals surface area contributed by atoms with E-state index in [0.29, 0.717) is 47.2 Å². The largest absolute Gasteiger partial charge is 0.482 e. The monoisotopic (exact) mass is 575 g/mol. The average Bonchev–Trinajstić information content (AvgIpc) is 3.27. The fourth-order valence-electron chi connectivity index (χ4n) is 5.86. The molecule has 0 saturated carbocycles. The SMILES string of the molecule is CN(C)CCc1cccc2cc(Nc3ncc4c(=O)n5n(c4n3)-c3ccc4c(c3)N(CCCC=CC5)C(=O)CO4)ccc12. The fraction of sp³-hybridized carbons (Fsp3) is 0.273. The van der Waals surface area contributed by atoms with Crippen LogP contribution in [0.2, 0.25) is 0 Å². The van der Waals surface area contributed by atoms with Gasteiger partial charge in [-0.3, -0.25) is 9.59 Å². The first-order valence-electron chi connectivity index (χ1n) is 14.6. The van der Waals surface area contributed by atoms with Gasteiger partial charge in [0.25, 0.3) is 11.5 Å². The molecule has 0 aliphatic carbocycles. The highest BCUT2D eigenvalue weighted by atomic mass is 16.5. The topological polar surface area (TPSA) is 97.5 Å². The summed E-state index contributed by atoms with van der Waals surface area (Å²) in [5.74, 6) is 0.963. The number of hydrogen-bond acceptors (Lipinski definition) is 7. The Bertz CT molecular complexity index is 1960. The van der Waals surface area contributed by atoms with Gasteiger partial charge in [0.15, 0.2) is 12.3 Å². The molecule has 10 heteroatoms. The second-order valence-corrected chi connectivity index (χ2v) is 11.3. The molecule has 2 aliphatic heterocycles. The number of nitrogens with one attached hydrogen (secondary N) is 1. The second kappa shape index (κ2) is 11.0. The maximum absolute atomic E-state index is 13.6. The number of allylic oxidation sites excluding steroid dienone is 2. The number of carbonyl (C=O) groups excluding carboxylic acids is 1. The number of aromatic nitrogens is 4. The molecule has 4 heterocycles. The average molecular weight is 576 g/mol. The predicted molar refractivity (Wildman–Crippen MR) is 169 cm³/mol. The summed E-state index contributed by atoms with van der Waals surface area (Å²) in [5.41, 5.74) is 3.88. The molecular weight excluding hydrogens is 542 g/mol. The Kier molecular flexibility index (Phi) is 6.90. The minimum atomic E-state index is -0.180. The van der Waals surface area contributed by atoms with Crippen LogP contribution in [0.1, 0.15) is 18.4 Å². The molecule has 0 spiro atoms. The number of fused-ring (bicyclic) bond motifs is 6. The maximum atomic E-state index is 13.6. The van der Waals surface area contributed by atoms with Gasteiger partial charge in [-0.15, -0.1) is 0 Å². The van der Waals surface area contributed by atoms with Crippen molar-refractivity contribution in [3.63, 3.8) is 0 Å². The molecule has 0 fully saturated rings. The van der Waals surface area contributed by atoms with E-state index in [1.165, 1.54) is 10.9 Å². The van der Waals surface area contributed by atoms with Crippen molar-refractivity contribution < 1.29 is 9.53 Å². The number of likely N-dealkylation sites (N-methyl/N-ethyl adjacent to an activating group) is 1. The minimum absolute atomic E-state index is 0.0216. The van der Waals surface area contributed by atoms with Crippen molar-refractivity contribution in [3.8, 4) is 11.4 Å². The van der Waals surface area contributed by atoms with E-state index in [0.717, 1.165) is 36.9 Å². The van der Waals surface area contributed by atoms with Gasteiger partial charge in [0.2, 0.25) is 5.95 Å². The van der Waals surface area contributed by atoms with Gasteiger partial charge in [0.1, 0.15) is 11.1 Å². The highest BCUT2D eigenvalue weighted by Crippen LogP contribution is 2.35. The van der Waals surface area contributed by atoms with Gasteiger partial charge in [-0.05, 0) is 80.0 Å².